The summed E-state index contributed by atoms with van der Waals surface area (Å²) in [6, 6.07) is 3.51. The lowest BCUT2D eigenvalue weighted by molar-refractivity contribution is -0.125. The minimum absolute atomic E-state index is 0.242. The molecule has 0 fully saturated rings. The van der Waals surface area contributed by atoms with Gasteiger partial charge in [0.25, 0.3) is 5.91 Å². The Morgan fingerprint density at radius 2 is 2.06 bits per heavy atom. The van der Waals surface area contributed by atoms with Crippen LogP contribution in [0.25, 0.3) is 0 Å². The summed E-state index contributed by atoms with van der Waals surface area (Å²) in [5, 5.41) is 0. The van der Waals surface area contributed by atoms with Gasteiger partial charge in [-0.3, -0.25) is 4.79 Å². The van der Waals surface area contributed by atoms with Crippen LogP contribution in [0.2, 0.25) is 0 Å². The Kier molecular flexibility index (Phi) is 2.57. The number of hydrogen-bond donors (Lipinski definition) is 0. The van der Waals surface area contributed by atoms with Crippen molar-refractivity contribution >= 4 is 21.8 Å². The fraction of sp³-hybridized carbons (Fsp3) is 0.300. The Balaban J connectivity index is 2.57. The van der Waals surface area contributed by atoms with Gasteiger partial charge in [-0.25, -0.2) is 0 Å². The molecule has 92 valence electrons. The van der Waals surface area contributed by atoms with Crippen LogP contribution in [0.4, 0.5) is 9.57 Å². The van der Waals surface area contributed by atoms with Crippen molar-refractivity contribution in [3.05, 3.63) is 18.2 Å². The normalized spacial score (nSPS) is 19.8. The van der Waals surface area contributed by atoms with Gasteiger partial charge in [0.1, 0.15) is 10.6 Å². The molecule has 5 nitrogen and oxygen atoms in total. The van der Waals surface area contributed by atoms with E-state index in [4.69, 9.17) is 4.74 Å². The van der Waals surface area contributed by atoms with Crippen LogP contribution in [0.3, 0.4) is 0 Å². The van der Waals surface area contributed by atoms with E-state index in [1.165, 1.54) is 18.0 Å². The summed E-state index contributed by atoms with van der Waals surface area (Å²) in [4.78, 5) is 12.4. The number of halogens is 1. The van der Waals surface area contributed by atoms with E-state index in [0.717, 1.165) is 12.1 Å². The summed E-state index contributed by atoms with van der Waals surface area (Å²) in [5.41, 5.74) is 0.242. The molecule has 1 aliphatic heterocycles. The molecule has 1 heterocycles. The van der Waals surface area contributed by atoms with Gasteiger partial charge in [-0.05, 0) is 25.1 Å². The first-order chi connectivity index (χ1) is 7.80. The Bertz CT molecular complexity index is 584. The summed E-state index contributed by atoms with van der Waals surface area (Å²) < 4.78 is 39.6. The number of carbonyl (C=O) groups is 1. The molecule has 7 heteroatoms. The molecule has 1 aromatic carbocycles. The standard InChI is InChI=1S/C10H10FNO4S/c1-6-10(13)12(2)8-5-7(17(11,14)15)3-4-9(8)16-6/h3-6H,1-2H3. The third kappa shape index (κ3) is 1.97. The zero-order valence-electron chi connectivity index (χ0n) is 9.18. The van der Waals surface area contributed by atoms with Crippen molar-refractivity contribution in [2.24, 2.45) is 0 Å². The molecule has 2 rings (SSSR count). The van der Waals surface area contributed by atoms with Gasteiger partial charge >= 0.3 is 10.2 Å². The van der Waals surface area contributed by atoms with Crippen LogP contribution in [-0.4, -0.2) is 27.5 Å². The van der Waals surface area contributed by atoms with Gasteiger partial charge in [0.05, 0.1) is 5.69 Å². The van der Waals surface area contributed by atoms with Gasteiger partial charge in [0, 0.05) is 7.05 Å². The SMILES string of the molecule is CC1Oc2ccc(S(=O)(=O)F)cc2N(C)C1=O. The fourth-order valence-corrected chi connectivity index (χ4v) is 2.13. The van der Waals surface area contributed by atoms with Crippen LogP contribution >= 0.6 is 0 Å². The molecule has 0 aromatic heterocycles. The first kappa shape index (κ1) is 11.8. The van der Waals surface area contributed by atoms with E-state index in [-0.39, 0.29) is 11.6 Å². The molecular weight excluding hydrogens is 249 g/mol. The molecule has 0 saturated heterocycles. The van der Waals surface area contributed by atoms with Crippen LogP contribution in [0.5, 0.6) is 5.75 Å². The van der Waals surface area contributed by atoms with Crippen molar-refractivity contribution in [1.29, 1.82) is 0 Å². The monoisotopic (exact) mass is 259 g/mol. The summed E-state index contributed by atoms with van der Waals surface area (Å²) in [6.07, 6.45) is -0.639. The van der Waals surface area contributed by atoms with Gasteiger partial charge in [-0.1, -0.05) is 0 Å². The van der Waals surface area contributed by atoms with Crippen molar-refractivity contribution in [1.82, 2.24) is 0 Å². The maximum absolute atomic E-state index is 12.8. The lowest BCUT2D eigenvalue weighted by Gasteiger charge is -2.30. The zero-order chi connectivity index (χ0) is 12.8. The lowest BCUT2D eigenvalue weighted by atomic mass is 10.2. The number of rotatable bonds is 1. The molecule has 0 aliphatic carbocycles. The van der Waals surface area contributed by atoms with Gasteiger partial charge in [-0.2, -0.15) is 8.42 Å². The summed E-state index contributed by atoms with van der Waals surface area (Å²) in [5.74, 6) is 0.0397. The van der Waals surface area contributed by atoms with Crippen molar-refractivity contribution in [3.8, 4) is 5.75 Å². The highest BCUT2D eigenvalue weighted by Gasteiger charge is 2.30. The van der Waals surface area contributed by atoms with Gasteiger partial charge in [-0.15, -0.1) is 3.89 Å². The molecule has 0 saturated carbocycles. The smallest absolute Gasteiger partial charge is 0.332 e. The Labute approximate surface area is 98.0 Å². The number of carbonyl (C=O) groups excluding carboxylic acids is 1. The van der Waals surface area contributed by atoms with E-state index < -0.39 is 21.2 Å². The fourth-order valence-electron chi connectivity index (χ4n) is 1.64. The van der Waals surface area contributed by atoms with E-state index in [2.05, 4.69) is 0 Å². The number of fused-ring (bicyclic) bond motifs is 1. The maximum atomic E-state index is 12.8. The molecule has 1 atom stereocenters. The predicted molar refractivity (Wildman–Crippen MR) is 58.2 cm³/mol. The molecule has 1 amide bonds. The van der Waals surface area contributed by atoms with E-state index in [1.807, 2.05) is 0 Å². The topological polar surface area (TPSA) is 63.7 Å². The molecule has 17 heavy (non-hydrogen) atoms. The van der Waals surface area contributed by atoms with Crippen LogP contribution in [0.1, 0.15) is 6.92 Å². The largest absolute Gasteiger partial charge is 0.479 e. The number of amides is 1. The molecule has 1 unspecified atom stereocenters. The van der Waals surface area contributed by atoms with E-state index in [1.54, 1.807) is 6.92 Å². The quantitative estimate of drug-likeness (QED) is 0.708. The second kappa shape index (κ2) is 3.69. The van der Waals surface area contributed by atoms with Crippen molar-refractivity contribution in [2.75, 3.05) is 11.9 Å². The summed E-state index contributed by atoms with van der Waals surface area (Å²) in [6.45, 7) is 1.58. The second-order valence-electron chi connectivity index (χ2n) is 3.72. The first-order valence-corrected chi connectivity index (χ1v) is 6.22. The van der Waals surface area contributed by atoms with Crippen molar-refractivity contribution in [2.45, 2.75) is 17.9 Å². The average molecular weight is 259 g/mol. The summed E-state index contributed by atoms with van der Waals surface area (Å²) in [7, 11) is -3.30. The molecule has 1 aliphatic rings. The second-order valence-corrected chi connectivity index (χ2v) is 5.07. The first-order valence-electron chi connectivity index (χ1n) is 4.83. The van der Waals surface area contributed by atoms with Gasteiger partial charge in [0.15, 0.2) is 6.10 Å². The van der Waals surface area contributed by atoms with Crippen LogP contribution in [0, 0.1) is 0 Å². The molecule has 1 aromatic rings. The molecule has 0 bridgehead atoms. The highest BCUT2D eigenvalue weighted by molar-refractivity contribution is 7.86. The zero-order valence-corrected chi connectivity index (χ0v) is 9.99. The van der Waals surface area contributed by atoms with Crippen molar-refractivity contribution in [3.63, 3.8) is 0 Å². The Morgan fingerprint density at radius 1 is 1.41 bits per heavy atom. The summed E-state index contributed by atoms with van der Waals surface area (Å²) >= 11 is 0. The third-order valence-electron chi connectivity index (χ3n) is 2.56. The van der Waals surface area contributed by atoms with Gasteiger partial charge in [0.2, 0.25) is 0 Å². The lowest BCUT2D eigenvalue weighted by Crippen LogP contribution is -2.42. The van der Waals surface area contributed by atoms with E-state index >= 15 is 0 Å². The number of ether oxygens (including phenoxy) is 1. The molecule has 0 radical (unpaired) electrons. The number of nitrogens with zero attached hydrogens (tertiary/aromatic N) is 1. The highest BCUT2D eigenvalue weighted by atomic mass is 32.3. The minimum Gasteiger partial charge on any atom is -0.479 e. The van der Waals surface area contributed by atoms with Crippen LogP contribution in [0.15, 0.2) is 23.1 Å². The number of likely N-dealkylation sites (N-methyl/N-ethyl adjacent to an activating group) is 1. The van der Waals surface area contributed by atoms with Crippen LogP contribution in [-0.2, 0) is 15.0 Å². The predicted octanol–water partition coefficient (Wildman–Crippen LogP) is 1.09. The molecular formula is C10H10FNO4S. The van der Waals surface area contributed by atoms with Gasteiger partial charge < -0.3 is 9.64 Å². The van der Waals surface area contributed by atoms with E-state index in [9.17, 15) is 17.1 Å². The van der Waals surface area contributed by atoms with Crippen LogP contribution < -0.4 is 9.64 Å². The van der Waals surface area contributed by atoms with E-state index in [0.29, 0.717) is 5.75 Å². The number of hydrogen-bond acceptors (Lipinski definition) is 4. The average Bonchev–Trinajstić information content (AvgIpc) is 2.24. The Hall–Kier alpha value is -1.63. The number of benzene rings is 1. The Morgan fingerprint density at radius 3 is 2.65 bits per heavy atom. The maximum Gasteiger partial charge on any atom is 0.332 e. The molecule has 0 spiro atoms. The van der Waals surface area contributed by atoms with Crippen molar-refractivity contribution < 1.29 is 21.8 Å². The molecule has 0 N–H and O–H groups in total. The highest BCUT2D eigenvalue weighted by Crippen LogP contribution is 2.35. The third-order valence-corrected chi connectivity index (χ3v) is 3.37. The minimum atomic E-state index is -4.78. The number of anilines is 1.